The van der Waals surface area contributed by atoms with Crippen LogP contribution < -0.4 is 15.4 Å². The standard InChI is InChI=1S/C23H24N6O3/c1-12-6-16(25-14(3)30)7-13(2)21(12)26-23(31)18-8-17-19(9-20(18)32-5)27-28-22(17)15-10-24-29(4)11-15/h6-11H,1-5H3,(H,25,30)(H,26,31)(H,27,28). The van der Waals surface area contributed by atoms with Crippen LogP contribution in [0.5, 0.6) is 5.75 Å². The maximum Gasteiger partial charge on any atom is 0.259 e. The highest BCUT2D eigenvalue weighted by Gasteiger charge is 2.19. The average Bonchev–Trinajstić information content (AvgIpc) is 3.34. The third kappa shape index (κ3) is 3.92. The van der Waals surface area contributed by atoms with E-state index in [2.05, 4.69) is 25.9 Å². The Labute approximate surface area is 184 Å². The molecule has 4 rings (SSSR count). The normalized spacial score (nSPS) is 10.9. The lowest BCUT2D eigenvalue weighted by Gasteiger charge is -2.15. The van der Waals surface area contributed by atoms with Crippen LogP contribution in [-0.4, -0.2) is 38.9 Å². The third-order valence-corrected chi connectivity index (χ3v) is 5.20. The summed E-state index contributed by atoms with van der Waals surface area (Å²) in [5, 5.41) is 18.1. The molecule has 2 aromatic heterocycles. The minimum atomic E-state index is -0.305. The monoisotopic (exact) mass is 432 g/mol. The molecule has 9 nitrogen and oxygen atoms in total. The molecule has 164 valence electrons. The first-order valence-corrected chi connectivity index (χ1v) is 10.0. The van der Waals surface area contributed by atoms with Crippen molar-refractivity contribution in [1.82, 2.24) is 20.0 Å². The molecular formula is C23H24N6O3. The highest BCUT2D eigenvalue weighted by molar-refractivity contribution is 6.10. The molecule has 0 aliphatic rings. The zero-order valence-electron chi connectivity index (χ0n) is 18.5. The van der Waals surface area contributed by atoms with E-state index >= 15 is 0 Å². The maximum absolute atomic E-state index is 13.3. The van der Waals surface area contributed by atoms with Crippen LogP contribution in [0.25, 0.3) is 22.2 Å². The Hall–Kier alpha value is -4.14. The van der Waals surface area contributed by atoms with E-state index in [9.17, 15) is 9.59 Å². The number of hydrogen-bond acceptors (Lipinski definition) is 5. The zero-order chi connectivity index (χ0) is 23.0. The van der Waals surface area contributed by atoms with Gasteiger partial charge >= 0.3 is 0 Å². The lowest BCUT2D eigenvalue weighted by Crippen LogP contribution is -2.15. The fourth-order valence-electron chi connectivity index (χ4n) is 3.77. The smallest absolute Gasteiger partial charge is 0.259 e. The number of aromatic nitrogens is 4. The Morgan fingerprint density at radius 2 is 1.81 bits per heavy atom. The number of hydrogen-bond donors (Lipinski definition) is 3. The van der Waals surface area contributed by atoms with Gasteiger partial charge in [0.05, 0.1) is 24.4 Å². The first-order chi connectivity index (χ1) is 15.3. The van der Waals surface area contributed by atoms with E-state index in [-0.39, 0.29) is 11.8 Å². The van der Waals surface area contributed by atoms with Crippen molar-refractivity contribution in [2.75, 3.05) is 17.7 Å². The SMILES string of the molecule is COc1cc2[nH]nc(-c3cnn(C)c3)c2cc1C(=O)Nc1c(C)cc(NC(C)=O)cc1C. The molecule has 0 aliphatic carbocycles. The molecular weight excluding hydrogens is 408 g/mol. The van der Waals surface area contributed by atoms with Crippen LogP contribution in [0, 0.1) is 13.8 Å². The number of rotatable bonds is 5. The van der Waals surface area contributed by atoms with Gasteiger partial charge in [-0.1, -0.05) is 0 Å². The van der Waals surface area contributed by atoms with Crippen LogP contribution >= 0.6 is 0 Å². The number of carbonyl (C=O) groups excluding carboxylic acids is 2. The van der Waals surface area contributed by atoms with Crippen LogP contribution in [0.2, 0.25) is 0 Å². The Morgan fingerprint density at radius 1 is 1.09 bits per heavy atom. The molecule has 32 heavy (non-hydrogen) atoms. The van der Waals surface area contributed by atoms with Gasteiger partial charge in [-0.05, 0) is 43.2 Å². The fraction of sp³-hybridized carbons (Fsp3) is 0.217. The highest BCUT2D eigenvalue weighted by Crippen LogP contribution is 2.33. The molecule has 2 aromatic carbocycles. The summed E-state index contributed by atoms with van der Waals surface area (Å²) in [6.45, 7) is 5.22. The average molecular weight is 432 g/mol. The lowest BCUT2D eigenvalue weighted by atomic mass is 10.0. The van der Waals surface area contributed by atoms with Crippen LogP contribution in [0.3, 0.4) is 0 Å². The summed E-state index contributed by atoms with van der Waals surface area (Å²) < 4.78 is 7.18. The van der Waals surface area contributed by atoms with Gasteiger partial charge in [-0.3, -0.25) is 19.4 Å². The Morgan fingerprint density at radius 3 is 2.41 bits per heavy atom. The highest BCUT2D eigenvalue weighted by atomic mass is 16.5. The van der Waals surface area contributed by atoms with Crippen molar-refractivity contribution in [2.24, 2.45) is 7.05 Å². The van der Waals surface area contributed by atoms with Crippen molar-refractivity contribution >= 4 is 34.1 Å². The van der Waals surface area contributed by atoms with Gasteiger partial charge in [0.25, 0.3) is 5.91 Å². The van der Waals surface area contributed by atoms with Crippen LogP contribution in [-0.2, 0) is 11.8 Å². The third-order valence-electron chi connectivity index (χ3n) is 5.20. The summed E-state index contributed by atoms with van der Waals surface area (Å²) in [6, 6.07) is 7.17. The molecule has 2 amide bonds. The molecule has 0 fully saturated rings. The van der Waals surface area contributed by atoms with E-state index in [1.165, 1.54) is 14.0 Å². The number of aryl methyl sites for hydroxylation is 3. The largest absolute Gasteiger partial charge is 0.496 e. The van der Waals surface area contributed by atoms with Gasteiger partial charge in [-0.25, -0.2) is 0 Å². The fourth-order valence-corrected chi connectivity index (χ4v) is 3.77. The lowest BCUT2D eigenvalue weighted by molar-refractivity contribution is -0.114. The van der Waals surface area contributed by atoms with Crippen molar-refractivity contribution in [1.29, 1.82) is 0 Å². The first kappa shape index (κ1) is 21.1. The van der Waals surface area contributed by atoms with E-state index < -0.39 is 0 Å². The predicted octanol–water partition coefficient (Wildman–Crippen LogP) is 3.80. The molecule has 0 atom stereocenters. The van der Waals surface area contributed by atoms with Crippen LogP contribution in [0.1, 0.15) is 28.4 Å². The first-order valence-electron chi connectivity index (χ1n) is 10.0. The number of amides is 2. The Kier molecular flexibility index (Phi) is 5.40. The Balaban J connectivity index is 1.72. The van der Waals surface area contributed by atoms with E-state index in [1.54, 1.807) is 23.0 Å². The quantitative estimate of drug-likeness (QED) is 0.444. The number of benzene rings is 2. The van der Waals surface area contributed by atoms with Crippen molar-refractivity contribution in [3.05, 3.63) is 53.3 Å². The van der Waals surface area contributed by atoms with E-state index in [0.717, 1.165) is 27.6 Å². The summed E-state index contributed by atoms with van der Waals surface area (Å²) >= 11 is 0. The number of anilines is 2. The molecule has 0 spiro atoms. The Bertz CT molecular complexity index is 1330. The molecule has 9 heteroatoms. The number of methoxy groups -OCH3 is 1. The number of nitrogens with one attached hydrogen (secondary N) is 3. The van der Waals surface area contributed by atoms with Gasteiger partial charge in [0.2, 0.25) is 5.91 Å². The molecule has 0 saturated carbocycles. The van der Waals surface area contributed by atoms with Gasteiger partial charge < -0.3 is 15.4 Å². The summed E-state index contributed by atoms with van der Waals surface area (Å²) in [5.74, 6) is -0.0229. The van der Waals surface area contributed by atoms with Crippen LogP contribution in [0.15, 0.2) is 36.7 Å². The number of carbonyl (C=O) groups is 2. The van der Waals surface area contributed by atoms with Crippen molar-refractivity contribution in [3.63, 3.8) is 0 Å². The number of nitrogens with zero attached hydrogens (tertiary/aromatic N) is 3. The summed E-state index contributed by atoms with van der Waals surface area (Å²) in [7, 11) is 3.36. The van der Waals surface area contributed by atoms with E-state index in [0.29, 0.717) is 28.4 Å². The number of fused-ring (bicyclic) bond motifs is 1. The maximum atomic E-state index is 13.3. The minimum absolute atomic E-state index is 0.150. The molecule has 0 saturated heterocycles. The minimum Gasteiger partial charge on any atom is -0.496 e. The van der Waals surface area contributed by atoms with Crippen molar-refractivity contribution in [2.45, 2.75) is 20.8 Å². The summed E-state index contributed by atoms with van der Waals surface area (Å²) in [5.41, 5.74) is 5.73. The topological polar surface area (TPSA) is 114 Å². The number of ether oxygens (including phenoxy) is 1. The molecule has 0 bridgehead atoms. The van der Waals surface area contributed by atoms with Crippen molar-refractivity contribution < 1.29 is 14.3 Å². The summed E-state index contributed by atoms with van der Waals surface area (Å²) in [6.07, 6.45) is 3.59. The van der Waals surface area contributed by atoms with Gasteiger partial charge in [0, 0.05) is 48.6 Å². The second-order valence-corrected chi connectivity index (χ2v) is 7.69. The summed E-state index contributed by atoms with van der Waals surface area (Å²) in [4.78, 5) is 24.6. The second-order valence-electron chi connectivity index (χ2n) is 7.69. The van der Waals surface area contributed by atoms with Gasteiger partial charge in [0.1, 0.15) is 11.4 Å². The molecule has 3 N–H and O–H groups in total. The van der Waals surface area contributed by atoms with Gasteiger partial charge in [0.15, 0.2) is 0 Å². The molecule has 0 unspecified atom stereocenters. The van der Waals surface area contributed by atoms with E-state index in [4.69, 9.17) is 4.74 Å². The van der Waals surface area contributed by atoms with Crippen LogP contribution in [0.4, 0.5) is 11.4 Å². The molecule has 4 aromatic rings. The van der Waals surface area contributed by atoms with Gasteiger partial charge in [-0.2, -0.15) is 10.2 Å². The number of aromatic amines is 1. The molecule has 2 heterocycles. The molecule has 0 aliphatic heterocycles. The molecule has 0 radical (unpaired) electrons. The van der Waals surface area contributed by atoms with Gasteiger partial charge in [-0.15, -0.1) is 0 Å². The predicted molar refractivity (Wildman–Crippen MR) is 123 cm³/mol. The van der Waals surface area contributed by atoms with E-state index in [1.807, 2.05) is 39.2 Å². The second kappa shape index (κ2) is 8.18. The van der Waals surface area contributed by atoms with Crippen molar-refractivity contribution in [3.8, 4) is 17.0 Å². The zero-order valence-corrected chi connectivity index (χ0v) is 18.5. The number of H-pyrrole nitrogens is 1.